The molecule has 0 aliphatic heterocycles. The van der Waals surface area contributed by atoms with Crippen LogP contribution in [0.1, 0.15) is 12.0 Å². The van der Waals surface area contributed by atoms with Gasteiger partial charge in [-0.2, -0.15) is 0 Å². The summed E-state index contributed by atoms with van der Waals surface area (Å²) in [6, 6.07) is 5.04. The van der Waals surface area contributed by atoms with Crippen LogP contribution in [0.5, 0.6) is 5.75 Å². The molecule has 1 aromatic rings. The zero-order valence-electron chi connectivity index (χ0n) is 8.72. The van der Waals surface area contributed by atoms with Gasteiger partial charge in [-0.1, -0.05) is 18.2 Å². The lowest BCUT2D eigenvalue weighted by molar-refractivity contribution is 0.101. The van der Waals surface area contributed by atoms with Crippen molar-refractivity contribution in [1.29, 1.82) is 0 Å². The average Bonchev–Trinajstić information content (AvgIpc) is 2.22. The number of benzene rings is 1. The molecule has 6 N–H and O–H groups in total. The lowest BCUT2D eigenvalue weighted by atomic mass is 9.95. The standard InChI is InChI=1S/C12H14N2O2/c13-10-2-1-9(7-11(10)15)8-3-5-12(14,16)6-4-8/h1-5,7,15-16H,6,13-14H2. The molecule has 4 nitrogen and oxygen atoms in total. The Balaban J connectivity index is 2.30. The molecular formula is C12H14N2O2. The first-order chi connectivity index (χ1) is 7.48. The number of hydrogen-bond acceptors (Lipinski definition) is 4. The van der Waals surface area contributed by atoms with Gasteiger partial charge in [0.1, 0.15) is 11.5 Å². The summed E-state index contributed by atoms with van der Waals surface area (Å²) < 4.78 is 0. The van der Waals surface area contributed by atoms with Crippen molar-refractivity contribution >= 4 is 11.3 Å². The second-order valence-corrected chi connectivity index (χ2v) is 3.96. The second-order valence-electron chi connectivity index (χ2n) is 3.96. The van der Waals surface area contributed by atoms with Gasteiger partial charge in [-0.25, -0.2) is 0 Å². The molecule has 0 saturated carbocycles. The minimum absolute atomic E-state index is 0.0559. The lowest BCUT2D eigenvalue weighted by Gasteiger charge is -2.21. The number of nitrogens with two attached hydrogens (primary N) is 2. The Labute approximate surface area is 93.5 Å². The van der Waals surface area contributed by atoms with Gasteiger partial charge in [0.25, 0.3) is 0 Å². The van der Waals surface area contributed by atoms with Crippen LogP contribution in [-0.4, -0.2) is 15.9 Å². The zero-order valence-corrected chi connectivity index (χ0v) is 8.72. The van der Waals surface area contributed by atoms with Crippen molar-refractivity contribution in [2.45, 2.75) is 12.1 Å². The van der Waals surface area contributed by atoms with E-state index in [0.29, 0.717) is 12.1 Å². The summed E-state index contributed by atoms with van der Waals surface area (Å²) in [7, 11) is 0. The number of aromatic hydroxyl groups is 1. The summed E-state index contributed by atoms with van der Waals surface area (Å²) in [6.07, 6.45) is 5.44. The van der Waals surface area contributed by atoms with Crippen molar-refractivity contribution in [1.82, 2.24) is 0 Å². The van der Waals surface area contributed by atoms with Crippen molar-refractivity contribution in [3.63, 3.8) is 0 Å². The number of phenolic OH excluding ortho intramolecular Hbond substituents is 1. The van der Waals surface area contributed by atoms with Gasteiger partial charge in [0.2, 0.25) is 0 Å². The number of nitrogen functional groups attached to an aromatic ring is 1. The predicted molar refractivity (Wildman–Crippen MR) is 63.4 cm³/mol. The van der Waals surface area contributed by atoms with E-state index in [0.717, 1.165) is 11.1 Å². The van der Waals surface area contributed by atoms with E-state index in [1.54, 1.807) is 18.2 Å². The van der Waals surface area contributed by atoms with Crippen molar-refractivity contribution in [3.05, 3.63) is 42.0 Å². The maximum absolute atomic E-state index is 9.51. The molecule has 0 fully saturated rings. The molecular weight excluding hydrogens is 204 g/mol. The molecule has 84 valence electrons. The van der Waals surface area contributed by atoms with Crippen LogP contribution in [0.15, 0.2) is 36.4 Å². The number of rotatable bonds is 1. The first kappa shape index (κ1) is 10.7. The monoisotopic (exact) mass is 218 g/mol. The minimum atomic E-state index is -1.26. The van der Waals surface area contributed by atoms with Crippen LogP contribution in [0, 0.1) is 0 Å². The van der Waals surface area contributed by atoms with Crippen molar-refractivity contribution in [2.75, 3.05) is 5.73 Å². The Morgan fingerprint density at radius 2 is 2.06 bits per heavy atom. The van der Waals surface area contributed by atoms with E-state index < -0.39 is 5.72 Å². The molecule has 16 heavy (non-hydrogen) atoms. The number of allylic oxidation sites excluding steroid dienone is 2. The highest BCUT2D eigenvalue weighted by atomic mass is 16.3. The normalized spacial score (nSPS) is 24.2. The molecule has 0 radical (unpaired) electrons. The van der Waals surface area contributed by atoms with Crippen LogP contribution >= 0.6 is 0 Å². The molecule has 2 rings (SSSR count). The van der Waals surface area contributed by atoms with Crippen molar-refractivity contribution < 1.29 is 10.2 Å². The maximum Gasteiger partial charge on any atom is 0.139 e. The van der Waals surface area contributed by atoms with E-state index in [2.05, 4.69) is 0 Å². The highest BCUT2D eigenvalue weighted by Crippen LogP contribution is 2.29. The van der Waals surface area contributed by atoms with Gasteiger partial charge in [0.05, 0.1) is 5.69 Å². The highest BCUT2D eigenvalue weighted by molar-refractivity contribution is 5.77. The van der Waals surface area contributed by atoms with Crippen LogP contribution in [0.2, 0.25) is 0 Å². The summed E-state index contributed by atoms with van der Waals surface area (Å²) in [4.78, 5) is 0. The molecule has 4 heteroatoms. The van der Waals surface area contributed by atoms with Gasteiger partial charge in [-0.15, -0.1) is 0 Å². The molecule has 0 heterocycles. The van der Waals surface area contributed by atoms with E-state index in [4.69, 9.17) is 11.5 Å². The smallest absolute Gasteiger partial charge is 0.139 e. The molecule has 0 amide bonds. The summed E-state index contributed by atoms with van der Waals surface area (Å²) in [5.41, 5.74) is 11.9. The van der Waals surface area contributed by atoms with Gasteiger partial charge in [0, 0.05) is 6.42 Å². The summed E-state index contributed by atoms with van der Waals surface area (Å²) >= 11 is 0. The fraction of sp³-hybridized carbons (Fsp3) is 0.167. The predicted octanol–water partition coefficient (Wildman–Crippen LogP) is 0.965. The number of aliphatic hydroxyl groups is 1. The molecule has 0 aromatic heterocycles. The first-order valence-electron chi connectivity index (χ1n) is 4.97. The fourth-order valence-corrected chi connectivity index (χ4v) is 1.58. The number of hydrogen-bond donors (Lipinski definition) is 4. The third-order valence-electron chi connectivity index (χ3n) is 2.56. The number of phenols is 1. The van der Waals surface area contributed by atoms with E-state index >= 15 is 0 Å². The van der Waals surface area contributed by atoms with Crippen LogP contribution in [0.3, 0.4) is 0 Å². The number of anilines is 1. The Hall–Kier alpha value is -1.78. The molecule has 1 atom stereocenters. The fourth-order valence-electron chi connectivity index (χ4n) is 1.58. The van der Waals surface area contributed by atoms with Gasteiger partial charge in [-0.3, -0.25) is 0 Å². The second kappa shape index (κ2) is 3.66. The molecule has 0 saturated heterocycles. The van der Waals surface area contributed by atoms with E-state index in [1.807, 2.05) is 12.1 Å². The van der Waals surface area contributed by atoms with Gasteiger partial charge in [-0.05, 0) is 29.3 Å². The topological polar surface area (TPSA) is 92.5 Å². The molecule has 1 aromatic carbocycles. The summed E-state index contributed by atoms with van der Waals surface area (Å²) in [5, 5.41) is 19.0. The third-order valence-corrected chi connectivity index (χ3v) is 2.56. The van der Waals surface area contributed by atoms with Gasteiger partial charge in [0.15, 0.2) is 0 Å². The lowest BCUT2D eigenvalue weighted by Crippen LogP contribution is -2.37. The largest absolute Gasteiger partial charge is 0.506 e. The van der Waals surface area contributed by atoms with E-state index in [9.17, 15) is 10.2 Å². The first-order valence-corrected chi connectivity index (χ1v) is 4.97. The van der Waals surface area contributed by atoms with Gasteiger partial charge >= 0.3 is 0 Å². The van der Waals surface area contributed by atoms with Crippen LogP contribution in [-0.2, 0) is 0 Å². The molecule has 1 aliphatic carbocycles. The van der Waals surface area contributed by atoms with E-state index in [-0.39, 0.29) is 5.75 Å². The summed E-state index contributed by atoms with van der Waals surface area (Å²) in [5.74, 6) is 0.0559. The molecule has 0 spiro atoms. The Bertz CT molecular complexity index is 476. The molecule has 1 aliphatic rings. The van der Waals surface area contributed by atoms with E-state index in [1.165, 1.54) is 6.08 Å². The van der Waals surface area contributed by atoms with Crippen molar-refractivity contribution in [2.24, 2.45) is 5.73 Å². The van der Waals surface area contributed by atoms with Crippen LogP contribution in [0.4, 0.5) is 5.69 Å². The Morgan fingerprint density at radius 1 is 1.31 bits per heavy atom. The average molecular weight is 218 g/mol. The Morgan fingerprint density at radius 3 is 2.62 bits per heavy atom. The minimum Gasteiger partial charge on any atom is -0.506 e. The van der Waals surface area contributed by atoms with Crippen molar-refractivity contribution in [3.8, 4) is 5.75 Å². The highest BCUT2D eigenvalue weighted by Gasteiger charge is 2.19. The summed E-state index contributed by atoms with van der Waals surface area (Å²) in [6.45, 7) is 0. The Kier molecular flexibility index (Phi) is 2.46. The van der Waals surface area contributed by atoms with Crippen LogP contribution < -0.4 is 11.5 Å². The molecule has 0 bridgehead atoms. The zero-order chi connectivity index (χ0) is 11.8. The quantitative estimate of drug-likeness (QED) is 0.321. The molecule has 1 unspecified atom stereocenters. The SMILES string of the molecule is Nc1ccc(C2=CCC(N)(O)C=C2)cc1O. The third kappa shape index (κ3) is 2.08. The van der Waals surface area contributed by atoms with Gasteiger partial charge < -0.3 is 21.7 Å². The van der Waals surface area contributed by atoms with Crippen LogP contribution in [0.25, 0.3) is 5.57 Å². The maximum atomic E-state index is 9.51.